The van der Waals surface area contributed by atoms with Gasteiger partial charge in [-0.2, -0.15) is 10.1 Å². The number of amides is 1. The third-order valence-corrected chi connectivity index (χ3v) is 3.57. The van der Waals surface area contributed by atoms with Gasteiger partial charge in [0.2, 0.25) is 11.9 Å². The largest absolute Gasteiger partial charge is 0.349 e. The second-order valence-electron chi connectivity index (χ2n) is 5.89. The molecule has 0 aliphatic carbocycles. The van der Waals surface area contributed by atoms with Gasteiger partial charge < -0.3 is 16.0 Å². The topological polar surface area (TPSA) is 91.8 Å². The van der Waals surface area contributed by atoms with Gasteiger partial charge in [0.25, 0.3) is 0 Å². The molecule has 1 heterocycles. The Hall–Kier alpha value is -3.48. The first-order valence-corrected chi connectivity index (χ1v) is 8.22. The number of hydrogen-bond donors (Lipinski definition) is 3. The molecule has 3 aromatic rings. The summed E-state index contributed by atoms with van der Waals surface area (Å²) in [6.45, 7) is 4.16. The van der Waals surface area contributed by atoms with Gasteiger partial charge in [-0.3, -0.25) is 4.79 Å². The fourth-order valence-corrected chi connectivity index (χ4v) is 2.43. The summed E-state index contributed by atoms with van der Waals surface area (Å²) in [5, 5.41) is 17.0. The SMILES string of the molecule is CC(=O)Nc1ccc(Nc2cnnc(NCc3cccc(C)c3)n2)cc1. The molecule has 132 valence electrons. The van der Waals surface area contributed by atoms with Crippen molar-refractivity contribution in [3.05, 3.63) is 65.9 Å². The summed E-state index contributed by atoms with van der Waals surface area (Å²) in [6.07, 6.45) is 1.56. The molecule has 7 nitrogen and oxygen atoms in total. The summed E-state index contributed by atoms with van der Waals surface area (Å²) in [4.78, 5) is 15.5. The highest BCUT2D eigenvalue weighted by Gasteiger charge is 2.03. The zero-order valence-electron chi connectivity index (χ0n) is 14.7. The van der Waals surface area contributed by atoms with Crippen molar-refractivity contribution >= 4 is 29.0 Å². The Kier molecular flexibility index (Phi) is 5.38. The van der Waals surface area contributed by atoms with Crippen LogP contribution in [0.1, 0.15) is 18.1 Å². The van der Waals surface area contributed by atoms with Crippen LogP contribution in [0, 0.1) is 6.92 Å². The maximum atomic E-state index is 11.1. The fourth-order valence-electron chi connectivity index (χ4n) is 2.43. The monoisotopic (exact) mass is 348 g/mol. The number of nitrogens with one attached hydrogen (secondary N) is 3. The van der Waals surface area contributed by atoms with E-state index in [1.54, 1.807) is 6.20 Å². The van der Waals surface area contributed by atoms with Crippen molar-refractivity contribution in [1.29, 1.82) is 0 Å². The highest BCUT2D eigenvalue weighted by Crippen LogP contribution is 2.17. The van der Waals surface area contributed by atoms with E-state index in [4.69, 9.17) is 0 Å². The van der Waals surface area contributed by atoms with Gasteiger partial charge in [-0.05, 0) is 36.8 Å². The second kappa shape index (κ2) is 8.06. The van der Waals surface area contributed by atoms with Gasteiger partial charge in [-0.15, -0.1) is 5.10 Å². The maximum Gasteiger partial charge on any atom is 0.244 e. The highest BCUT2D eigenvalue weighted by atomic mass is 16.1. The minimum atomic E-state index is -0.102. The van der Waals surface area contributed by atoms with Crippen molar-refractivity contribution in [2.75, 3.05) is 16.0 Å². The number of benzene rings is 2. The van der Waals surface area contributed by atoms with Crippen molar-refractivity contribution in [2.24, 2.45) is 0 Å². The Morgan fingerprint density at radius 1 is 1.08 bits per heavy atom. The first-order valence-electron chi connectivity index (χ1n) is 8.22. The lowest BCUT2D eigenvalue weighted by Crippen LogP contribution is -2.07. The van der Waals surface area contributed by atoms with Crippen LogP contribution in [0.15, 0.2) is 54.7 Å². The summed E-state index contributed by atoms with van der Waals surface area (Å²) >= 11 is 0. The van der Waals surface area contributed by atoms with E-state index in [1.165, 1.54) is 12.5 Å². The van der Waals surface area contributed by atoms with Gasteiger partial charge in [0, 0.05) is 24.8 Å². The number of hydrogen-bond acceptors (Lipinski definition) is 6. The number of aromatic nitrogens is 3. The van der Waals surface area contributed by atoms with Crippen LogP contribution in [-0.4, -0.2) is 21.1 Å². The average Bonchev–Trinajstić information content (AvgIpc) is 2.62. The fraction of sp³-hybridized carbons (Fsp3) is 0.158. The molecule has 0 radical (unpaired) electrons. The normalized spacial score (nSPS) is 10.2. The summed E-state index contributed by atoms with van der Waals surface area (Å²) in [5.41, 5.74) is 3.94. The van der Waals surface area contributed by atoms with E-state index in [9.17, 15) is 4.79 Å². The third kappa shape index (κ3) is 5.01. The molecule has 0 saturated carbocycles. The Bertz CT molecular complexity index is 895. The van der Waals surface area contributed by atoms with Crippen molar-refractivity contribution < 1.29 is 4.79 Å². The Morgan fingerprint density at radius 2 is 1.85 bits per heavy atom. The van der Waals surface area contributed by atoms with Crippen LogP contribution in [0.3, 0.4) is 0 Å². The minimum Gasteiger partial charge on any atom is -0.349 e. The van der Waals surface area contributed by atoms with E-state index in [0.29, 0.717) is 18.3 Å². The standard InChI is InChI=1S/C19H20N6O/c1-13-4-3-5-15(10-13)11-20-19-24-18(12-21-25-19)23-17-8-6-16(7-9-17)22-14(2)26/h3-10,12H,11H2,1-2H3,(H,22,26)(H2,20,23,24,25). The van der Waals surface area contributed by atoms with E-state index in [1.807, 2.05) is 36.4 Å². The van der Waals surface area contributed by atoms with Gasteiger partial charge in [-0.1, -0.05) is 29.8 Å². The summed E-state index contributed by atoms with van der Waals surface area (Å²) in [7, 11) is 0. The zero-order valence-corrected chi connectivity index (χ0v) is 14.7. The van der Waals surface area contributed by atoms with E-state index in [0.717, 1.165) is 16.9 Å². The molecule has 7 heteroatoms. The molecule has 1 aromatic heterocycles. The number of rotatable bonds is 6. The summed E-state index contributed by atoms with van der Waals surface area (Å²) < 4.78 is 0. The lowest BCUT2D eigenvalue weighted by Gasteiger charge is -2.09. The predicted molar refractivity (Wildman–Crippen MR) is 102 cm³/mol. The molecule has 2 aromatic carbocycles. The van der Waals surface area contributed by atoms with Gasteiger partial charge >= 0.3 is 0 Å². The average molecular weight is 348 g/mol. The lowest BCUT2D eigenvalue weighted by molar-refractivity contribution is -0.114. The number of nitrogens with zero attached hydrogens (tertiary/aromatic N) is 3. The maximum absolute atomic E-state index is 11.1. The van der Waals surface area contributed by atoms with E-state index >= 15 is 0 Å². The summed E-state index contributed by atoms with van der Waals surface area (Å²) in [5.74, 6) is 0.931. The molecular weight excluding hydrogens is 328 g/mol. The van der Waals surface area contributed by atoms with Crippen molar-refractivity contribution in [3.8, 4) is 0 Å². The van der Waals surface area contributed by atoms with Gasteiger partial charge in [-0.25, -0.2) is 0 Å². The highest BCUT2D eigenvalue weighted by molar-refractivity contribution is 5.88. The number of aryl methyl sites for hydroxylation is 1. The smallest absolute Gasteiger partial charge is 0.244 e. The number of carbonyl (C=O) groups excluding carboxylic acids is 1. The van der Waals surface area contributed by atoms with E-state index in [-0.39, 0.29) is 5.91 Å². The number of carbonyl (C=O) groups is 1. The van der Waals surface area contributed by atoms with Gasteiger partial charge in [0.05, 0.1) is 6.20 Å². The molecule has 0 atom stereocenters. The van der Waals surface area contributed by atoms with Crippen LogP contribution >= 0.6 is 0 Å². The van der Waals surface area contributed by atoms with Crippen molar-refractivity contribution in [2.45, 2.75) is 20.4 Å². The van der Waals surface area contributed by atoms with Crippen LogP contribution in [0.4, 0.5) is 23.1 Å². The van der Waals surface area contributed by atoms with Crippen molar-refractivity contribution in [3.63, 3.8) is 0 Å². The zero-order chi connectivity index (χ0) is 18.4. The Balaban J connectivity index is 1.62. The molecule has 3 N–H and O–H groups in total. The molecule has 0 bridgehead atoms. The molecule has 26 heavy (non-hydrogen) atoms. The number of anilines is 4. The Labute approximate surface area is 151 Å². The van der Waals surface area contributed by atoms with Crippen LogP contribution in [-0.2, 0) is 11.3 Å². The van der Waals surface area contributed by atoms with E-state index in [2.05, 4.69) is 50.2 Å². The predicted octanol–water partition coefficient (Wildman–Crippen LogP) is 3.49. The first kappa shape index (κ1) is 17.3. The molecule has 1 amide bonds. The minimum absolute atomic E-state index is 0.102. The lowest BCUT2D eigenvalue weighted by atomic mass is 10.1. The van der Waals surface area contributed by atoms with Gasteiger partial charge in [0.1, 0.15) is 0 Å². The molecule has 0 unspecified atom stereocenters. The quantitative estimate of drug-likeness (QED) is 0.631. The second-order valence-corrected chi connectivity index (χ2v) is 5.89. The molecule has 3 rings (SSSR count). The first-order chi connectivity index (χ1) is 12.6. The van der Waals surface area contributed by atoms with E-state index < -0.39 is 0 Å². The van der Waals surface area contributed by atoms with Gasteiger partial charge in [0.15, 0.2) is 5.82 Å². The molecule has 0 aliphatic heterocycles. The van der Waals surface area contributed by atoms with Crippen LogP contribution in [0.25, 0.3) is 0 Å². The molecule has 0 fully saturated rings. The van der Waals surface area contributed by atoms with Crippen molar-refractivity contribution in [1.82, 2.24) is 15.2 Å². The molecular formula is C19H20N6O. The summed E-state index contributed by atoms with van der Waals surface area (Å²) in [6, 6.07) is 15.6. The van der Waals surface area contributed by atoms with Crippen LogP contribution in [0.5, 0.6) is 0 Å². The van der Waals surface area contributed by atoms with Crippen LogP contribution in [0.2, 0.25) is 0 Å². The third-order valence-electron chi connectivity index (χ3n) is 3.57. The molecule has 0 aliphatic rings. The molecule has 0 saturated heterocycles. The van der Waals surface area contributed by atoms with Crippen LogP contribution < -0.4 is 16.0 Å². The Morgan fingerprint density at radius 3 is 2.58 bits per heavy atom. The molecule has 0 spiro atoms.